The van der Waals surface area contributed by atoms with Gasteiger partial charge in [-0.3, -0.25) is 9.78 Å². The number of amides is 1. The summed E-state index contributed by atoms with van der Waals surface area (Å²) in [5.41, 5.74) is 1.83. The van der Waals surface area contributed by atoms with Crippen LogP contribution in [0.1, 0.15) is 15.9 Å². The third kappa shape index (κ3) is 4.50. The Kier molecular flexibility index (Phi) is 5.09. The van der Waals surface area contributed by atoms with Crippen molar-refractivity contribution in [3.05, 3.63) is 59.5 Å². The monoisotopic (exact) mass is 320 g/mol. The van der Waals surface area contributed by atoms with Crippen molar-refractivity contribution >= 4 is 18.5 Å². The quantitative estimate of drug-likeness (QED) is 0.861. The summed E-state index contributed by atoms with van der Waals surface area (Å²) in [4.78, 5) is 16.1. The number of pyridine rings is 1. The van der Waals surface area contributed by atoms with Gasteiger partial charge < -0.3 is 9.88 Å². The van der Waals surface area contributed by atoms with E-state index in [1.165, 1.54) is 18.3 Å². The minimum Gasteiger partial charge on any atom is -0.352 e. The fraction of sp³-hybridized carbons (Fsp3) is 0.250. The standard InChI is InChI=1S/C16H18FN2O2P/c1-22(2,21)15-11-13(8-10-18-15)16(20)19-9-7-12-3-5-14(17)6-4-12/h3-6,8,10-11H,7,9H2,1-2H3,(H,19,20). The first kappa shape index (κ1) is 16.4. The van der Waals surface area contributed by atoms with Crippen molar-refractivity contribution in [3.63, 3.8) is 0 Å². The number of carbonyl (C=O) groups is 1. The van der Waals surface area contributed by atoms with E-state index in [0.717, 1.165) is 5.56 Å². The molecule has 0 fully saturated rings. The highest BCUT2D eigenvalue weighted by Gasteiger charge is 2.15. The molecule has 6 heteroatoms. The molecule has 0 saturated heterocycles. The average molecular weight is 320 g/mol. The van der Waals surface area contributed by atoms with Gasteiger partial charge in [0, 0.05) is 18.3 Å². The van der Waals surface area contributed by atoms with E-state index in [4.69, 9.17) is 0 Å². The molecule has 0 saturated carbocycles. The largest absolute Gasteiger partial charge is 0.352 e. The van der Waals surface area contributed by atoms with E-state index in [1.807, 2.05) is 0 Å². The molecule has 0 radical (unpaired) electrons. The zero-order valence-corrected chi connectivity index (χ0v) is 13.4. The molecular formula is C16H18FN2O2P. The van der Waals surface area contributed by atoms with Gasteiger partial charge >= 0.3 is 0 Å². The second kappa shape index (κ2) is 6.84. The van der Waals surface area contributed by atoms with Crippen LogP contribution in [0.25, 0.3) is 0 Å². The number of carbonyl (C=O) groups excluding carboxylic acids is 1. The number of benzene rings is 1. The summed E-state index contributed by atoms with van der Waals surface area (Å²) in [6, 6.07) is 9.33. The van der Waals surface area contributed by atoms with Gasteiger partial charge in [0.2, 0.25) is 0 Å². The number of rotatable bonds is 5. The number of hydrogen-bond acceptors (Lipinski definition) is 3. The maximum absolute atomic E-state index is 12.8. The number of nitrogens with one attached hydrogen (secondary N) is 1. The molecule has 0 aliphatic heterocycles. The molecule has 1 amide bonds. The Balaban J connectivity index is 1.95. The molecule has 2 rings (SSSR count). The fourth-order valence-electron chi connectivity index (χ4n) is 1.93. The van der Waals surface area contributed by atoms with Gasteiger partial charge in [0.05, 0.1) is 0 Å². The SMILES string of the molecule is CP(C)(=O)c1cc(C(=O)NCCc2ccc(F)cc2)ccn1. The Labute approximate surface area is 129 Å². The van der Waals surface area contributed by atoms with Gasteiger partial charge in [-0.05, 0) is 49.6 Å². The zero-order chi connectivity index (χ0) is 16.2. The first-order valence-corrected chi connectivity index (χ1v) is 9.50. The van der Waals surface area contributed by atoms with E-state index in [2.05, 4.69) is 10.3 Å². The van der Waals surface area contributed by atoms with Crippen LogP contribution in [0.2, 0.25) is 0 Å². The van der Waals surface area contributed by atoms with Gasteiger partial charge in [-0.2, -0.15) is 0 Å². The van der Waals surface area contributed by atoms with Gasteiger partial charge in [-0.25, -0.2) is 4.39 Å². The summed E-state index contributed by atoms with van der Waals surface area (Å²) in [7, 11) is -2.49. The smallest absolute Gasteiger partial charge is 0.251 e. The molecule has 0 aliphatic rings. The van der Waals surface area contributed by atoms with Crippen LogP contribution < -0.4 is 10.8 Å². The van der Waals surface area contributed by atoms with Crippen LogP contribution in [-0.2, 0) is 11.0 Å². The number of halogens is 1. The van der Waals surface area contributed by atoms with Crippen molar-refractivity contribution in [2.75, 3.05) is 19.9 Å². The maximum Gasteiger partial charge on any atom is 0.251 e. The van der Waals surface area contributed by atoms with E-state index in [1.54, 1.807) is 37.6 Å². The zero-order valence-electron chi connectivity index (χ0n) is 12.5. The Morgan fingerprint density at radius 3 is 2.55 bits per heavy atom. The maximum atomic E-state index is 12.8. The minimum absolute atomic E-state index is 0.237. The minimum atomic E-state index is -2.49. The lowest BCUT2D eigenvalue weighted by Crippen LogP contribution is -2.26. The number of aromatic nitrogens is 1. The van der Waals surface area contributed by atoms with Crippen LogP contribution in [-0.4, -0.2) is 30.8 Å². The highest BCUT2D eigenvalue weighted by Crippen LogP contribution is 2.33. The van der Waals surface area contributed by atoms with Crippen molar-refractivity contribution in [2.45, 2.75) is 6.42 Å². The number of hydrogen-bond donors (Lipinski definition) is 1. The average Bonchev–Trinajstić information content (AvgIpc) is 2.48. The van der Waals surface area contributed by atoms with E-state index in [-0.39, 0.29) is 11.7 Å². The molecular weight excluding hydrogens is 302 g/mol. The summed E-state index contributed by atoms with van der Waals surface area (Å²) >= 11 is 0. The molecule has 1 heterocycles. The van der Waals surface area contributed by atoms with Gasteiger partial charge in [0.25, 0.3) is 5.91 Å². The highest BCUT2D eigenvalue weighted by molar-refractivity contribution is 7.69. The summed E-state index contributed by atoms with van der Waals surface area (Å²) in [6.45, 7) is 3.68. The van der Waals surface area contributed by atoms with Gasteiger partial charge in [0.15, 0.2) is 0 Å². The molecule has 0 aliphatic carbocycles. The highest BCUT2D eigenvalue weighted by atomic mass is 31.2. The van der Waals surface area contributed by atoms with Crippen molar-refractivity contribution in [1.29, 1.82) is 0 Å². The van der Waals surface area contributed by atoms with Crippen molar-refractivity contribution < 1.29 is 13.8 Å². The topological polar surface area (TPSA) is 59.1 Å². The van der Waals surface area contributed by atoms with Crippen LogP contribution in [0.4, 0.5) is 4.39 Å². The molecule has 2 aromatic rings. The molecule has 116 valence electrons. The molecule has 0 atom stereocenters. The molecule has 4 nitrogen and oxygen atoms in total. The van der Waals surface area contributed by atoms with Crippen LogP contribution in [0, 0.1) is 5.82 Å². The molecule has 1 aromatic heterocycles. The Morgan fingerprint density at radius 2 is 1.91 bits per heavy atom. The second-order valence-corrected chi connectivity index (χ2v) is 8.55. The summed E-state index contributed by atoms with van der Waals surface area (Å²) < 4.78 is 24.8. The predicted molar refractivity (Wildman–Crippen MR) is 85.8 cm³/mol. The molecule has 0 spiro atoms. The molecule has 1 aromatic carbocycles. The predicted octanol–water partition coefficient (Wildman–Crippen LogP) is 2.44. The third-order valence-corrected chi connectivity index (χ3v) is 4.52. The van der Waals surface area contributed by atoms with Crippen molar-refractivity contribution in [1.82, 2.24) is 10.3 Å². The Hall–Kier alpha value is -2.00. The first-order valence-electron chi connectivity index (χ1n) is 6.90. The molecule has 0 unspecified atom stereocenters. The number of nitrogens with zero attached hydrogens (tertiary/aromatic N) is 1. The Morgan fingerprint density at radius 1 is 1.23 bits per heavy atom. The van der Waals surface area contributed by atoms with Crippen LogP contribution in [0.5, 0.6) is 0 Å². The summed E-state index contributed by atoms with van der Waals surface area (Å²) in [6.07, 6.45) is 2.11. The lowest BCUT2D eigenvalue weighted by Gasteiger charge is -2.09. The summed E-state index contributed by atoms with van der Waals surface area (Å²) in [5, 5.41) is 2.79. The van der Waals surface area contributed by atoms with Gasteiger partial charge in [-0.1, -0.05) is 12.1 Å². The van der Waals surface area contributed by atoms with Crippen molar-refractivity contribution in [3.8, 4) is 0 Å². The van der Waals surface area contributed by atoms with Gasteiger partial charge in [-0.15, -0.1) is 0 Å². The van der Waals surface area contributed by atoms with E-state index in [9.17, 15) is 13.8 Å². The molecule has 0 bridgehead atoms. The van der Waals surface area contributed by atoms with Crippen LogP contribution in [0.3, 0.4) is 0 Å². The van der Waals surface area contributed by atoms with E-state index < -0.39 is 7.14 Å². The van der Waals surface area contributed by atoms with Crippen LogP contribution in [0.15, 0.2) is 42.6 Å². The van der Waals surface area contributed by atoms with E-state index in [0.29, 0.717) is 24.0 Å². The van der Waals surface area contributed by atoms with Crippen LogP contribution >= 0.6 is 7.14 Å². The fourth-order valence-corrected chi connectivity index (χ4v) is 2.72. The second-order valence-electron chi connectivity index (χ2n) is 5.39. The van der Waals surface area contributed by atoms with Gasteiger partial charge in [0.1, 0.15) is 18.4 Å². The summed E-state index contributed by atoms with van der Waals surface area (Å²) in [5.74, 6) is -0.514. The molecule has 22 heavy (non-hydrogen) atoms. The normalized spacial score (nSPS) is 11.2. The van der Waals surface area contributed by atoms with Crippen molar-refractivity contribution in [2.24, 2.45) is 0 Å². The lowest BCUT2D eigenvalue weighted by molar-refractivity contribution is 0.0954. The first-order chi connectivity index (χ1) is 10.4. The molecule has 1 N–H and O–H groups in total. The van der Waals surface area contributed by atoms with E-state index >= 15 is 0 Å². The third-order valence-electron chi connectivity index (χ3n) is 3.17. The Bertz CT molecular complexity index is 710. The lowest BCUT2D eigenvalue weighted by atomic mass is 10.1.